The minimum Gasteiger partial charge on any atom is -0.756 e. The fraction of sp³-hybridized carbons (Fsp3) is 0.769. The molecule has 0 N–H and O–H groups in total. The standard InChI is InChI=1S/C78H140NO8P/c1-6-8-10-12-14-16-18-20-22-24-26-28-30-32-33-34-35-36-37-38-39-40-41-42-43-44-45-47-48-50-52-54-56-58-60-62-64-66-68-70-77(80)84-74-76(75-86-88(82,83)85-73-72-79(3,4)5)87-78(81)71-69-67-65-63-61-59-57-55-53-51-49-46-31-29-27-25-23-21-19-17-15-13-11-9-7-2/h9,11,15,17-18,20-21,23-24,26-27,29,46,49,53,55,76H,6-8,10,12-14,16,19,22,25,28,30-45,47-48,50-52,54,56-75H2,1-5H3/b11-9-,17-15-,20-18-,23-21-,26-24-,29-27-,49-46-,55-53-. The molecular weight excluding hydrogens is 1110 g/mol. The average molecular weight is 1250 g/mol. The second kappa shape index (κ2) is 68.3. The molecule has 88 heavy (non-hydrogen) atoms. The lowest BCUT2D eigenvalue weighted by molar-refractivity contribution is -0.870. The predicted octanol–water partition coefficient (Wildman–Crippen LogP) is 23.6. The van der Waals surface area contributed by atoms with Crippen LogP contribution in [0.2, 0.25) is 0 Å². The molecule has 0 aliphatic heterocycles. The highest BCUT2D eigenvalue weighted by molar-refractivity contribution is 7.45. The van der Waals surface area contributed by atoms with Crippen LogP contribution in [0.15, 0.2) is 97.2 Å². The Balaban J connectivity index is 3.96. The lowest BCUT2D eigenvalue weighted by Crippen LogP contribution is -2.37. The van der Waals surface area contributed by atoms with Crippen molar-refractivity contribution < 1.29 is 42.1 Å². The van der Waals surface area contributed by atoms with Crippen LogP contribution in [0.1, 0.15) is 335 Å². The first-order chi connectivity index (χ1) is 43.0. The van der Waals surface area contributed by atoms with Gasteiger partial charge in [0.2, 0.25) is 0 Å². The van der Waals surface area contributed by atoms with Crippen LogP contribution in [-0.4, -0.2) is 70.0 Å². The molecule has 0 aromatic carbocycles. The summed E-state index contributed by atoms with van der Waals surface area (Å²) in [6.07, 6.45) is 95.1. The quantitative estimate of drug-likeness (QED) is 0.0195. The molecule has 0 aliphatic rings. The van der Waals surface area contributed by atoms with Gasteiger partial charge in [0.1, 0.15) is 19.8 Å². The van der Waals surface area contributed by atoms with Crippen LogP contribution in [0.3, 0.4) is 0 Å². The number of esters is 2. The van der Waals surface area contributed by atoms with E-state index < -0.39 is 26.5 Å². The fourth-order valence-corrected chi connectivity index (χ4v) is 11.2. The molecule has 0 rings (SSSR count). The molecule has 9 nitrogen and oxygen atoms in total. The average Bonchev–Trinajstić information content (AvgIpc) is 3.57. The van der Waals surface area contributed by atoms with Gasteiger partial charge in [-0.2, -0.15) is 0 Å². The predicted molar refractivity (Wildman–Crippen MR) is 379 cm³/mol. The number of phosphoric acid groups is 1. The van der Waals surface area contributed by atoms with Crippen LogP contribution in [0.25, 0.3) is 0 Å². The van der Waals surface area contributed by atoms with Gasteiger partial charge in [-0.3, -0.25) is 14.2 Å². The molecule has 0 saturated carbocycles. The van der Waals surface area contributed by atoms with Crippen molar-refractivity contribution in [3.63, 3.8) is 0 Å². The van der Waals surface area contributed by atoms with Crippen LogP contribution >= 0.6 is 7.82 Å². The number of carbonyl (C=O) groups excluding carboxylic acids is 2. The summed E-state index contributed by atoms with van der Waals surface area (Å²) < 4.78 is 34.3. The van der Waals surface area contributed by atoms with Crippen LogP contribution in [0.4, 0.5) is 0 Å². The van der Waals surface area contributed by atoms with Gasteiger partial charge in [0.25, 0.3) is 7.82 Å². The summed E-state index contributed by atoms with van der Waals surface area (Å²) >= 11 is 0. The summed E-state index contributed by atoms with van der Waals surface area (Å²) in [4.78, 5) is 38.1. The van der Waals surface area contributed by atoms with Gasteiger partial charge in [-0.05, 0) is 96.3 Å². The van der Waals surface area contributed by atoms with Gasteiger partial charge in [-0.1, -0.05) is 323 Å². The Morgan fingerprint density at radius 2 is 0.648 bits per heavy atom. The van der Waals surface area contributed by atoms with Crippen LogP contribution in [-0.2, 0) is 32.7 Å². The molecule has 0 spiro atoms. The highest BCUT2D eigenvalue weighted by atomic mass is 31.2. The molecule has 0 heterocycles. The summed E-state index contributed by atoms with van der Waals surface area (Å²) in [6.45, 7) is 4.13. The van der Waals surface area contributed by atoms with Gasteiger partial charge in [0.05, 0.1) is 27.7 Å². The van der Waals surface area contributed by atoms with E-state index in [9.17, 15) is 19.0 Å². The first-order valence-corrected chi connectivity index (χ1v) is 38.4. The third-order valence-electron chi connectivity index (χ3n) is 16.1. The van der Waals surface area contributed by atoms with Crippen molar-refractivity contribution in [1.29, 1.82) is 0 Å². The summed E-state index contributed by atoms with van der Waals surface area (Å²) in [5.41, 5.74) is 0. The highest BCUT2D eigenvalue weighted by Gasteiger charge is 2.22. The number of hydrogen-bond acceptors (Lipinski definition) is 8. The normalized spacial score (nSPS) is 13.7. The first-order valence-electron chi connectivity index (χ1n) is 36.9. The number of phosphoric ester groups is 1. The number of unbranched alkanes of at least 4 members (excludes halogenated alkanes) is 38. The molecule has 0 amide bonds. The Labute approximate surface area is 544 Å². The van der Waals surface area contributed by atoms with Crippen molar-refractivity contribution in [2.45, 2.75) is 341 Å². The Hall–Kier alpha value is -3.07. The van der Waals surface area contributed by atoms with Crippen LogP contribution in [0.5, 0.6) is 0 Å². The molecular formula is C78H140NO8P. The Bertz CT molecular complexity index is 1810. The summed E-state index contributed by atoms with van der Waals surface area (Å²) in [5, 5.41) is 0. The largest absolute Gasteiger partial charge is 0.756 e. The van der Waals surface area contributed by atoms with Gasteiger partial charge in [0.15, 0.2) is 6.10 Å². The van der Waals surface area contributed by atoms with E-state index in [1.807, 2.05) is 21.1 Å². The van der Waals surface area contributed by atoms with Gasteiger partial charge in [0, 0.05) is 12.8 Å². The molecule has 2 unspecified atom stereocenters. The second-order valence-electron chi connectivity index (χ2n) is 25.9. The molecule has 10 heteroatoms. The lowest BCUT2D eigenvalue weighted by atomic mass is 10.0. The zero-order valence-corrected chi connectivity index (χ0v) is 59.1. The summed E-state index contributed by atoms with van der Waals surface area (Å²) in [5.74, 6) is -0.842. The Morgan fingerprint density at radius 3 is 0.966 bits per heavy atom. The van der Waals surface area contributed by atoms with Gasteiger partial charge in [-0.15, -0.1) is 0 Å². The van der Waals surface area contributed by atoms with Crippen molar-refractivity contribution in [1.82, 2.24) is 0 Å². The molecule has 2 atom stereocenters. The van der Waals surface area contributed by atoms with Crippen molar-refractivity contribution in [3.8, 4) is 0 Å². The maximum atomic E-state index is 12.9. The zero-order valence-electron chi connectivity index (χ0n) is 58.2. The zero-order chi connectivity index (χ0) is 64.1. The van der Waals surface area contributed by atoms with E-state index >= 15 is 0 Å². The third kappa shape index (κ3) is 72.0. The molecule has 0 radical (unpaired) electrons. The minimum atomic E-state index is -4.65. The van der Waals surface area contributed by atoms with Crippen molar-refractivity contribution in [2.24, 2.45) is 0 Å². The number of quaternary nitrogens is 1. The molecule has 0 aromatic rings. The molecule has 0 bridgehead atoms. The molecule has 0 saturated heterocycles. The number of hydrogen-bond donors (Lipinski definition) is 0. The van der Waals surface area contributed by atoms with Gasteiger partial charge in [-0.25, -0.2) is 0 Å². The lowest BCUT2D eigenvalue weighted by Gasteiger charge is -2.28. The highest BCUT2D eigenvalue weighted by Crippen LogP contribution is 2.38. The minimum absolute atomic E-state index is 0.0369. The molecule has 0 fully saturated rings. The number of rotatable bonds is 68. The van der Waals surface area contributed by atoms with Crippen molar-refractivity contribution >= 4 is 19.8 Å². The fourth-order valence-electron chi connectivity index (χ4n) is 10.5. The smallest absolute Gasteiger partial charge is 0.306 e. The molecule has 510 valence electrons. The van der Waals surface area contributed by atoms with E-state index in [1.165, 1.54) is 199 Å². The molecule has 0 aliphatic carbocycles. The third-order valence-corrected chi connectivity index (χ3v) is 17.1. The number of nitrogens with zero attached hydrogens (tertiary/aromatic N) is 1. The number of likely N-dealkylation sites (N-methyl/N-ethyl adjacent to an activating group) is 1. The van der Waals surface area contributed by atoms with Crippen molar-refractivity contribution in [3.05, 3.63) is 97.2 Å². The van der Waals surface area contributed by atoms with E-state index in [0.717, 1.165) is 103 Å². The Kier molecular flexibility index (Phi) is 65.9. The SMILES string of the molecule is CC/C=C\C/C=C\C/C=C\C/C=C\C/C=C\C/C=C\CCCCCCCCC(=O)OC(COC(=O)CCCCCCCCCCCCCCCCCCCCCCCCCCCCC/C=C\C/C=C\CCCCCCC)COP(=O)([O-])OCC[N+](C)(C)C. The van der Waals surface area contributed by atoms with E-state index in [-0.39, 0.29) is 32.0 Å². The topological polar surface area (TPSA) is 111 Å². The van der Waals surface area contributed by atoms with Crippen LogP contribution in [0, 0.1) is 0 Å². The van der Waals surface area contributed by atoms with Gasteiger partial charge >= 0.3 is 11.9 Å². The van der Waals surface area contributed by atoms with Crippen LogP contribution < -0.4 is 4.89 Å². The first kappa shape index (κ1) is 84.9. The number of carbonyl (C=O) groups is 2. The van der Waals surface area contributed by atoms with E-state index in [1.54, 1.807) is 0 Å². The van der Waals surface area contributed by atoms with E-state index in [2.05, 4.69) is 111 Å². The Morgan fingerprint density at radius 1 is 0.364 bits per heavy atom. The van der Waals surface area contributed by atoms with E-state index in [4.69, 9.17) is 18.5 Å². The number of allylic oxidation sites excluding steroid dienone is 16. The van der Waals surface area contributed by atoms with E-state index in [0.29, 0.717) is 17.4 Å². The summed E-state index contributed by atoms with van der Waals surface area (Å²) in [6, 6.07) is 0. The van der Waals surface area contributed by atoms with Crippen molar-refractivity contribution in [2.75, 3.05) is 47.5 Å². The monoisotopic (exact) mass is 1250 g/mol. The molecule has 0 aromatic heterocycles. The second-order valence-corrected chi connectivity index (χ2v) is 27.3. The summed E-state index contributed by atoms with van der Waals surface area (Å²) in [7, 11) is 1.16. The maximum Gasteiger partial charge on any atom is 0.306 e. The number of ether oxygens (including phenoxy) is 2. The van der Waals surface area contributed by atoms with Gasteiger partial charge < -0.3 is 27.9 Å². The maximum absolute atomic E-state index is 12.9.